The van der Waals surface area contributed by atoms with E-state index in [1.54, 1.807) is 0 Å². The number of hydrogen-bond acceptors (Lipinski definition) is 3. The fourth-order valence-electron chi connectivity index (χ4n) is 1.26. The van der Waals surface area contributed by atoms with Gasteiger partial charge in [0.05, 0.1) is 12.1 Å². The van der Waals surface area contributed by atoms with E-state index in [4.69, 9.17) is 0 Å². The molecule has 0 saturated carbocycles. The number of nitrogens with one attached hydrogen (secondary N) is 2. The van der Waals surface area contributed by atoms with Crippen LogP contribution in [0.15, 0.2) is 17.1 Å². The van der Waals surface area contributed by atoms with Crippen LogP contribution in [0, 0.1) is 0 Å². The Morgan fingerprint density at radius 1 is 1.40 bits per heavy atom. The summed E-state index contributed by atoms with van der Waals surface area (Å²) in [5.41, 5.74) is -2.48. The molecule has 0 aliphatic rings. The number of alkyl halides is 3. The summed E-state index contributed by atoms with van der Waals surface area (Å²) < 4.78 is 37.4. The lowest BCUT2D eigenvalue weighted by molar-refractivity contribution is -0.137. The Hall–Kier alpha value is -2.32. The average molecular weight is 291 g/mol. The zero-order chi connectivity index (χ0) is 15.5. The number of pyridine rings is 1. The van der Waals surface area contributed by atoms with Crippen LogP contribution in [-0.4, -0.2) is 35.3 Å². The third-order valence-corrected chi connectivity index (χ3v) is 2.42. The van der Waals surface area contributed by atoms with Gasteiger partial charge in [0.25, 0.3) is 5.56 Å². The van der Waals surface area contributed by atoms with Crippen molar-refractivity contribution in [3.8, 4) is 0 Å². The van der Waals surface area contributed by atoms with Crippen molar-refractivity contribution < 1.29 is 22.8 Å². The lowest BCUT2D eigenvalue weighted by Crippen LogP contribution is -2.34. The van der Waals surface area contributed by atoms with E-state index in [-0.39, 0.29) is 6.54 Å². The molecule has 110 valence electrons. The molecule has 20 heavy (non-hydrogen) atoms. The summed E-state index contributed by atoms with van der Waals surface area (Å²) in [6.07, 6.45) is -4.13. The molecule has 0 fully saturated rings. The summed E-state index contributed by atoms with van der Waals surface area (Å²) in [4.78, 5) is 36.7. The van der Waals surface area contributed by atoms with Gasteiger partial charge >= 0.3 is 6.18 Å². The smallest absolute Gasteiger partial charge is 0.337 e. The molecule has 1 aromatic heterocycles. The van der Waals surface area contributed by atoms with Crippen molar-refractivity contribution in [2.75, 3.05) is 18.9 Å². The molecular formula is C11H12F3N3O3. The molecule has 0 aliphatic heterocycles. The van der Waals surface area contributed by atoms with E-state index in [1.165, 1.54) is 14.0 Å². The maximum absolute atomic E-state index is 12.5. The second-order valence-electron chi connectivity index (χ2n) is 4.05. The van der Waals surface area contributed by atoms with Gasteiger partial charge in [-0.05, 0) is 6.07 Å². The predicted octanol–water partition coefficient (Wildman–Crippen LogP) is 0.810. The second kappa shape index (κ2) is 5.76. The monoisotopic (exact) mass is 291 g/mol. The molecule has 2 amide bonds. The number of carbonyl (C=O) groups excluding carboxylic acids is 2. The zero-order valence-electron chi connectivity index (χ0n) is 10.7. The molecular weight excluding hydrogens is 279 g/mol. The number of carbonyl (C=O) groups is 2. The van der Waals surface area contributed by atoms with Gasteiger partial charge in [-0.1, -0.05) is 0 Å². The highest BCUT2D eigenvalue weighted by Crippen LogP contribution is 2.29. The van der Waals surface area contributed by atoms with Gasteiger partial charge < -0.3 is 15.2 Å². The fourth-order valence-corrected chi connectivity index (χ4v) is 1.26. The molecule has 0 unspecified atom stereocenters. The summed E-state index contributed by atoms with van der Waals surface area (Å²) in [6, 6.07) is 0.532. The maximum atomic E-state index is 12.5. The lowest BCUT2D eigenvalue weighted by Gasteiger charge is -2.14. The van der Waals surface area contributed by atoms with Crippen LogP contribution in [0.3, 0.4) is 0 Å². The molecule has 0 saturated heterocycles. The topological polar surface area (TPSA) is 82.3 Å². The van der Waals surface area contributed by atoms with Crippen molar-refractivity contribution in [1.29, 1.82) is 0 Å². The lowest BCUT2D eigenvalue weighted by atomic mass is 10.2. The van der Waals surface area contributed by atoms with E-state index in [1.807, 2.05) is 10.3 Å². The summed E-state index contributed by atoms with van der Waals surface area (Å²) in [5.74, 6) is -1.16. The number of aromatic amines is 1. The normalized spacial score (nSPS) is 11.1. The number of rotatable bonds is 3. The first-order chi connectivity index (χ1) is 9.11. The van der Waals surface area contributed by atoms with Crippen molar-refractivity contribution in [2.24, 2.45) is 0 Å². The molecule has 0 atom stereocenters. The first-order valence-electron chi connectivity index (χ1n) is 5.42. The molecule has 9 heteroatoms. The first-order valence-corrected chi connectivity index (χ1v) is 5.42. The van der Waals surface area contributed by atoms with Gasteiger partial charge in [0, 0.05) is 20.2 Å². The largest absolute Gasteiger partial charge is 0.417 e. The van der Waals surface area contributed by atoms with Crippen LogP contribution in [0.4, 0.5) is 18.9 Å². The van der Waals surface area contributed by atoms with E-state index in [9.17, 15) is 27.6 Å². The Balaban J connectivity index is 2.90. The highest BCUT2D eigenvalue weighted by atomic mass is 19.4. The van der Waals surface area contributed by atoms with Crippen molar-refractivity contribution >= 4 is 17.5 Å². The molecule has 1 rings (SSSR count). The first kappa shape index (κ1) is 15.7. The number of aromatic nitrogens is 1. The third-order valence-electron chi connectivity index (χ3n) is 2.42. The van der Waals surface area contributed by atoms with Gasteiger partial charge in [0.2, 0.25) is 11.8 Å². The van der Waals surface area contributed by atoms with Crippen LogP contribution >= 0.6 is 0 Å². The zero-order valence-corrected chi connectivity index (χ0v) is 10.7. The summed E-state index contributed by atoms with van der Waals surface area (Å²) in [7, 11) is 1.35. The number of nitrogens with zero attached hydrogens (tertiary/aromatic N) is 1. The molecule has 0 radical (unpaired) electrons. The van der Waals surface area contributed by atoms with Crippen LogP contribution in [0.2, 0.25) is 0 Å². The quantitative estimate of drug-likeness (QED) is 0.864. The second-order valence-corrected chi connectivity index (χ2v) is 4.05. The standard InChI is InChI=1S/C11H12F3N3O3/c1-6(18)17(2)5-9(19)16-8-3-7(11(12,13)14)4-15-10(8)20/h3-4H,5H2,1-2H3,(H,15,20)(H,16,19). The molecule has 1 aromatic rings. The van der Waals surface area contributed by atoms with Gasteiger partial charge in [0.15, 0.2) is 0 Å². The maximum Gasteiger partial charge on any atom is 0.417 e. The molecule has 0 aromatic carbocycles. The Labute approximate surface area is 111 Å². The number of H-pyrrole nitrogens is 1. The van der Waals surface area contributed by atoms with Gasteiger partial charge in [-0.2, -0.15) is 13.2 Å². The fraction of sp³-hybridized carbons (Fsp3) is 0.364. The van der Waals surface area contributed by atoms with Gasteiger partial charge in [-0.15, -0.1) is 0 Å². The van der Waals surface area contributed by atoms with Crippen molar-refractivity contribution in [1.82, 2.24) is 9.88 Å². The van der Waals surface area contributed by atoms with Gasteiger partial charge in [-0.25, -0.2) is 0 Å². The number of hydrogen-bond donors (Lipinski definition) is 2. The molecule has 6 nitrogen and oxygen atoms in total. The number of amides is 2. The number of likely N-dealkylation sites (N-methyl/N-ethyl adjacent to an activating group) is 1. The van der Waals surface area contributed by atoms with Crippen molar-refractivity contribution in [3.05, 3.63) is 28.2 Å². The average Bonchev–Trinajstić information content (AvgIpc) is 2.30. The third kappa shape index (κ3) is 4.11. The summed E-state index contributed by atoms with van der Waals surface area (Å²) in [6.45, 7) is 0.857. The van der Waals surface area contributed by atoms with Crippen LogP contribution in [0.25, 0.3) is 0 Å². The van der Waals surface area contributed by atoms with E-state index in [0.29, 0.717) is 12.3 Å². The Bertz CT molecular complexity index is 580. The highest BCUT2D eigenvalue weighted by Gasteiger charge is 2.31. The summed E-state index contributed by atoms with van der Waals surface area (Å²) >= 11 is 0. The Kier molecular flexibility index (Phi) is 4.53. The molecule has 0 aliphatic carbocycles. The molecule has 2 N–H and O–H groups in total. The minimum absolute atomic E-state index is 0.370. The molecule has 0 spiro atoms. The van der Waals surface area contributed by atoms with Crippen LogP contribution in [0.5, 0.6) is 0 Å². The van der Waals surface area contributed by atoms with E-state index >= 15 is 0 Å². The molecule has 1 heterocycles. The summed E-state index contributed by atoms with van der Waals surface area (Å²) in [5, 5.41) is 2.03. The van der Waals surface area contributed by atoms with Gasteiger partial charge in [-0.3, -0.25) is 14.4 Å². The SMILES string of the molecule is CC(=O)N(C)CC(=O)Nc1cc(C(F)(F)F)c[nH]c1=O. The highest BCUT2D eigenvalue weighted by molar-refractivity contribution is 5.94. The van der Waals surface area contributed by atoms with Crippen molar-refractivity contribution in [3.63, 3.8) is 0 Å². The predicted molar refractivity (Wildman–Crippen MR) is 64.0 cm³/mol. The minimum Gasteiger partial charge on any atom is -0.337 e. The minimum atomic E-state index is -4.64. The van der Waals surface area contributed by atoms with Crippen LogP contribution in [0.1, 0.15) is 12.5 Å². The Morgan fingerprint density at radius 2 is 2.00 bits per heavy atom. The number of halogens is 3. The van der Waals surface area contributed by atoms with Gasteiger partial charge in [0.1, 0.15) is 5.69 Å². The van der Waals surface area contributed by atoms with E-state index in [0.717, 1.165) is 4.90 Å². The van der Waals surface area contributed by atoms with Crippen LogP contribution in [-0.2, 0) is 15.8 Å². The van der Waals surface area contributed by atoms with E-state index < -0.39 is 34.8 Å². The number of anilines is 1. The molecule has 0 bridgehead atoms. The van der Waals surface area contributed by atoms with E-state index in [2.05, 4.69) is 0 Å². The Morgan fingerprint density at radius 3 is 2.50 bits per heavy atom. The van der Waals surface area contributed by atoms with Crippen LogP contribution < -0.4 is 10.9 Å². The van der Waals surface area contributed by atoms with Crippen molar-refractivity contribution in [2.45, 2.75) is 13.1 Å².